The summed E-state index contributed by atoms with van der Waals surface area (Å²) in [6.07, 6.45) is 0. The Bertz CT molecular complexity index is 3760. The van der Waals surface area contributed by atoms with E-state index in [0.717, 1.165) is 94.4 Å². The van der Waals surface area contributed by atoms with Gasteiger partial charge >= 0.3 is 0 Å². The number of rotatable bonds is 9. The number of pyridine rings is 1. The van der Waals surface area contributed by atoms with E-state index in [4.69, 9.17) is 19.9 Å². The summed E-state index contributed by atoms with van der Waals surface area (Å²) < 4.78 is 0. The lowest BCUT2D eigenvalue weighted by Crippen LogP contribution is -2.01. The molecule has 10 aromatic carbocycles. The third-order valence-electron chi connectivity index (χ3n) is 12.5. The Morgan fingerprint density at radius 3 is 1.63 bits per heavy atom. The Balaban J connectivity index is 1.04. The number of hydrogen-bond acceptors (Lipinski definition) is 5. The maximum atomic E-state index is 5.38. The molecule has 5 heteroatoms. The van der Waals surface area contributed by atoms with Crippen LogP contribution in [0, 0.1) is 0 Å². The monoisotopic (exact) mass is 855 g/mol. The predicted octanol–water partition coefficient (Wildman–Crippen LogP) is 16.1. The molecule has 0 atom stereocenters. The van der Waals surface area contributed by atoms with Gasteiger partial charge in [-0.15, -0.1) is 0 Å². The van der Waals surface area contributed by atoms with Crippen LogP contribution in [0.5, 0.6) is 0 Å². The summed E-state index contributed by atoms with van der Waals surface area (Å²) in [4.78, 5) is 20.8. The minimum absolute atomic E-state index is 0.602. The fourth-order valence-corrected chi connectivity index (χ4v) is 9.24. The number of benzene rings is 10. The number of aromatic nitrogens is 4. The van der Waals surface area contributed by atoms with Crippen LogP contribution in [-0.2, 0) is 0 Å². The van der Waals surface area contributed by atoms with Crippen molar-refractivity contribution in [3.63, 3.8) is 0 Å². The van der Waals surface area contributed by atoms with Gasteiger partial charge in [0.25, 0.3) is 0 Å². The van der Waals surface area contributed by atoms with Gasteiger partial charge in [0.2, 0.25) is 0 Å². The molecule has 5 nitrogen and oxygen atoms in total. The van der Waals surface area contributed by atoms with Gasteiger partial charge in [-0.25, -0.2) is 19.9 Å². The molecule has 0 saturated heterocycles. The average molecular weight is 856 g/mol. The van der Waals surface area contributed by atoms with Crippen molar-refractivity contribution in [3.8, 4) is 78.8 Å². The average Bonchev–Trinajstić information content (AvgIpc) is 3.41. The molecule has 0 spiro atoms. The summed E-state index contributed by atoms with van der Waals surface area (Å²) >= 11 is 0. The van der Waals surface area contributed by atoms with Gasteiger partial charge in [-0.2, -0.15) is 0 Å². The highest BCUT2D eigenvalue weighted by Crippen LogP contribution is 2.45. The number of nitrogens with one attached hydrogen (secondary N) is 1. The van der Waals surface area contributed by atoms with Crippen LogP contribution < -0.4 is 5.32 Å². The van der Waals surface area contributed by atoms with E-state index < -0.39 is 0 Å². The summed E-state index contributed by atoms with van der Waals surface area (Å²) in [6.45, 7) is 0. The molecule has 12 rings (SSSR count). The van der Waals surface area contributed by atoms with Crippen molar-refractivity contribution in [1.82, 2.24) is 19.9 Å². The molecular formula is C62H41N5. The largest absolute Gasteiger partial charge is 0.355 e. The zero-order valence-corrected chi connectivity index (χ0v) is 36.4. The SMILES string of the molecule is c1ccc(Nc2ccc3c(-c4ccc5ccccc5c4)nc4ccccc4c3c2-c2cccc(-c3ccccc3-c3nc(-c4ccccc4)nc(-c4ccc(-c5ccccc5)cc4)n3)c2)cc1. The first-order chi connectivity index (χ1) is 33.2. The Kier molecular flexibility index (Phi) is 10.1. The second kappa shape index (κ2) is 17.1. The fourth-order valence-electron chi connectivity index (χ4n) is 9.24. The van der Waals surface area contributed by atoms with Crippen LogP contribution in [-0.4, -0.2) is 19.9 Å². The maximum absolute atomic E-state index is 5.38. The van der Waals surface area contributed by atoms with Crippen molar-refractivity contribution in [2.75, 3.05) is 5.32 Å². The zero-order chi connectivity index (χ0) is 44.5. The highest BCUT2D eigenvalue weighted by Gasteiger charge is 2.21. The summed E-state index contributed by atoms with van der Waals surface area (Å²) in [5, 5.41) is 9.49. The minimum Gasteiger partial charge on any atom is -0.355 e. The van der Waals surface area contributed by atoms with Crippen LogP contribution in [0.2, 0.25) is 0 Å². The van der Waals surface area contributed by atoms with Gasteiger partial charge in [0, 0.05) is 55.4 Å². The highest BCUT2D eigenvalue weighted by atomic mass is 15.0. The summed E-state index contributed by atoms with van der Waals surface area (Å²) in [6, 6.07) is 84.8. The van der Waals surface area contributed by atoms with E-state index in [0.29, 0.717) is 17.5 Å². The second-order valence-electron chi connectivity index (χ2n) is 16.7. The van der Waals surface area contributed by atoms with Crippen LogP contribution in [0.1, 0.15) is 0 Å². The molecule has 0 aliphatic rings. The van der Waals surface area contributed by atoms with Crippen molar-refractivity contribution in [2.24, 2.45) is 0 Å². The first-order valence-corrected chi connectivity index (χ1v) is 22.5. The molecular weight excluding hydrogens is 815 g/mol. The van der Waals surface area contributed by atoms with Crippen LogP contribution in [0.15, 0.2) is 243 Å². The lowest BCUT2D eigenvalue weighted by atomic mass is 9.89. The number of nitrogens with zero attached hydrogens (tertiary/aromatic N) is 4. The predicted molar refractivity (Wildman–Crippen MR) is 278 cm³/mol. The molecule has 2 aromatic heterocycles. The Morgan fingerprint density at radius 2 is 0.851 bits per heavy atom. The van der Waals surface area contributed by atoms with Crippen LogP contribution in [0.25, 0.3) is 111 Å². The molecule has 0 bridgehead atoms. The van der Waals surface area contributed by atoms with Crippen molar-refractivity contribution in [2.45, 2.75) is 0 Å². The highest BCUT2D eigenvalue weighted by molar-refractivity contribution is 6.20. The molecule has 0 aliphatic heterocycles. The molecule has 1 N–H and O–H groups in total. The van der Waals surface area contributed by atoms with Gasteiger partial charge in [0.05, 0.1) is 11.2 Å². The van der Waals surface area contributed by atoms with Crippen LogP contribution in [0.3, 0.4) is 0 Å². The molecule has 0 radical (unpaired) electrons. The molecule has 2 heterocycles. The number of fused-ring (bicyclic) bond motifs is 4. The van der Waals surface area contributed by atoms with Gasteiger partial charge in [-0.1, -0.05) is 206 Å². The van der Waals surface area contributed by atoms with Gasteiger partial charge < -0.3 is 5.32 Å². The number of anilines is 2. The molecule has 67 heavy (non-hydrogen) atoms. The van der Waals surface area contributed by atoms with Crippen molar-refractivity contribution < 1.29 is 0 Å². The normalized spacial score (nSPS) is 11.3. The molecule has 0 fully saturated rings. The third kappa shape index (κ3) is 7.64. The van der Waals surface area contributed by atoms with Gasteiger partial charge in [0.1, 0.15) is 0 Å². The number of para-hydroxylation sites is 2. The fraction of sp³-hybridized carbons (Fsp3) is 0. The Morgan fingerprint density at radius 1 is 0.299 bits per heavy atom. The first-order valence-electron chi connectivity index (χ1n) is 22.5. The van der Waals surface area contributed by atoms with E-state index in [2.05, 4.69) is 206 Å². The molecule has 314 valence electrons. The minimum atomic E-state index is 0.602. The third-order valence-corrected chi connectivity index (χ3v) is 12.5. The zero-order valence-electron chi connectivity index (χ0n) is 36.4. The van der Waals surface area contributed by atoms with E-state index in [-0.39, 0.29) is 0 Å². The lowest BCUT2D eigenvalue weighted by molar-refractivity contribution is 1.07. The van der Waals surface area contributed by atoms with Crippen molar-refractivity contribution in [1.29, 1.82) is 0 Å². The van der Waals surface area contributed by atoms with E-state index >= 15 is 0 Å². The van der Waals surface area contributed by atoms with E-state index in [1.165, 1.54) is 10.8 Å². The molecule has 0 unspecified atom stereocenters. The second-order valence-corrected chi connectivity index (χ2v) is 16.7. The molecule has 0 saturated carbocycles. The summed E-state index contributed by atoms with van der Waals surface area (Å²) in [5.74, 6) is 1.83. The van der Waals surface area contributed by atoms with Crippen molar-refractivity contribution in [3.05, 3.63) is 243 Å². The van der Waals surface area contributed by atoms with Crippen LogP contribution in [0.4, 0.5) is 11.4 Å². The van der Waals surface area contributed by atoms with Gasteiger partial charge in [-0.05, 0) is 75.0 Å². The molecule has 0 amide bonds. The van der Waals surface area contributed by atoms with E-state index in [9.17, 15) is 0 Å². The summed E-state index contributed by atoms with van der Waals surface area (Å²) in [7, 11) is 0. The smallest absolute Gasteiger partial charge is 0.164 e. The van der Waals surface area contributed by atoms with Crippen LogP contribution >= 0.6 is 0 Å². The lowest BCUT2D eigenvalue weighted by Gasteiger charge is -2.20. The first kappa shape index (κ1) is 39.5. The maximum Gasteiger partial charge on any atom is 0.164 e. The Hall–Kier alpha value is -9.06. The van der Waals surface area contributed by atoms with E-state index in [1.807, 2.05) is 42.5 Å². The van der Waals surface area contributed by atoms with Gasteiger partial charge in [0.15, 0.2) is 17.5 Å². The van der Waals surface area contributed by atoms with Crippen molar-refractivity contribution >= 4 is 43.8 Å². The Labute approximate surface area is 388 Å². The summed E-state index contributed by atoms with van der Waals surface area (Å²) in [5.41, 5.74) is 14.2. The standard InChI is InChI=1S/C62H41N5/c1-4-17-41(18-5-1)43-31-34-45(35-32-43)61-65-60(44-20-6-2-7-21-44)66-62(67-61)52-28-13-12-27-51(52)47-23-16-24-48(40-47)57-56(63-50-25-8-3-9-26-50)38-37-54-58(57)53-29-14-15-30-55(53)64-59(54)49-36-33-42-19-10-11-22-46(42)39-49/h1-40,63H. The van der Waals surface area contributed by atoms with E-state index in [1.54, 1.807) is 0 Å². The molecule has 12 aromatic rings. The quantitative estimate of drug-likeness (QED) is 0.147. The number of hydrogen-bond donors (Lipinski definition) is 1. The topological polar surface area (TPSA) is 63.6 Å². The molecule has 0 aliphatic carbocycles. The van der Waals surface area contributed by atoms with Gasteiger partial charge in [-0.3, -0.25) is 0 Å².